The Kier molecular flexibility index (Phi) is 4.48. The van der Waals surface area contributed by atoms with E-state index in [1.54, 1.807) is 0 Å². The molecule has 2 unspecified atom stereocenters. The van der Waals surface area contributed by atoms with Crippen molar-refractivity contribution in [2.24, 2.45) is 5.73 Å². The smallest absolute Gasteiger partial charge is 0.0894 e. The van der Waals surface area contributed by atoms with Gasteiger partial charge >= 0.3 is 0 Å². The van der Waals surface area contributed by atoms with E-state index >= 15 is 0 Å². The molecule has 0 radical (unpaired) electrons. The first-order valence-electron chi connectivity index (χ1n) is 7.72. The van der Waals surface area contributed by atoms with Crippen LogP contribution in [0.15, 0.2) is 36.5 Å². The summed E-state index contributed by atoms with van der Waals surface area (Å²) in [6, 6.07) is 10.2. The summed E-state index contributed by atoms with van der Waals surface area (Å²) >= 11 is 0. The molecule has 2 atom stereocenters. The SMILES string of the molecule is CCCN1CCOC(C(N)c2ccc3ncccc3c2)C1. The molecule has 2 aromatic rings. The van der Waals surface area contributed by atoms with Crippen molar-refractivity contribution in [1.82, 2.24) is 9.88 Å². The first-order chi connectivity index (χ1) is 10.3. The second kappa shape index (κ2) is 6.52. The van der Waals surface area contributed by atoms with Gasteiger partial charge in [0.1, 0.15) is 0 Å². The predicted molar refractivity (Wildman–Crippen MR) is 85.1 cm³/mol. The Hall–Kier alpha value is -1.49. The van der Waals surface area contributed by atoms with Crippen molar-refractivity contribution >= 4 is 10.9 Å². The molecular formula is C17H23N3O. The number of nitrogens with two attached hydrogens (primary N) is 1. The number of hydrogen-bond donors (Lipinski definition) is 1. The van der Waals surface area contributed by atoms with Crippen LogP contribution in [0.4, 0.5) is 0 Å². The van der Waals surface area contributed by atoms with Crippen LogP contribution in [0.25, 0.3) is 10.9 Å². The van der Waals surface area contributed by atoms with Crippen LogP contribution in [0, 0.1) is 0 Å². The van der Waals surface area contributed by atoms with Gasteiger partial charge in [0.2, 0.25) is 0 Å². The van der Waals surface area contributed by atoms with E-state index in [0.717, 1.165) is 42.7 Å². The van der Waals surface area contributed by atoms with Gasteiger partial charge in [0.15, 0.2) is 0 Å². The Morgan fingerprint density at radius 3 is 3.19 bits per heavy atom. The number of aromatic nitrogens is 1. The van der Waals surface area contributed by atoms with E-state index < -0.39 is 0 Å². The fourth-order valence-electron chi connectivity index (χ4n) is 2.98. The summed E-state index contributed by atoms with van der Waals surface area (Å²) in [5.41, 5.74) is 8.58. The molecule has 1 saturated heterocycles. The van der Waals surface area contributed by atoms with Gasteiger partial charge in [0.05, 0.1) is 24.3 Å². The molecule has 0 amide bonds. The van der Waals surface area contributed by atoms with Crippen LogP contribution in [0.1, 0.15) is 24.9 Å². The molecule has 3 rings (SSSR count). The van der Waals surface area contributed by atoms with E-state index in [1.165, 1.54) is 6.42 Å². The summed E-state index contributed by atoms with van der Waals surface area (Å²) in [5, 5.41) is 1.13. The van der Waals surface area contributed by atoms with E-state index in [2.05, 4.69) is 35.0 Å². The zero-order valence-electron chi connectivity index (χ0n) is 12.5. The molecule has 0 aliphatic carbocycles. The van der Waals surface area contributed by atoms with E-state index in [9.17, 15) is 0 Å². The summed E-state index contributed by atoms with van der Waals surface area (Å²) in [4.78, 5) is 6.79. The summed E-state index contributed by atoms with van der Waals surface area (Å²) < 4.78 is 5.90. The lowest BCUT2D eigenvalue weighted by molar-refractivity contribution is -0.0407. The fourth-order valence-corrected chi connectivity index (χ4v) is 2.98. The maximum absolute atomic E-state index is 6.45. The predicted octanol–water partition coefficient (Wildman–Crippen LogP) is 2.35. The summed E-state index contributed by atoms with van der Waals surface area (Å²) in [5.74, 6) is 0. The van der Waals surface area contributed by atoms with Crippen molar-refractivity contribution < 1.29 is 4.74 Å². The van der Waals surface area contributed by atoms with Gasteiger partial charge in [0, 0.05) is 24.7 Å². The number of benzene rings is 1. The van der Waals surface area contributed by atoms with Crippen LogP contribution < -0.4 is 5.73 Å². The molecule has 2 N–H and O–H groups in total. The molecule has 0 bridgehead atoms. The highest BCUT2D eigenvalue weighted by Crippen LogP contribution is 2.23. The average Bonchev–Trinajstić information content (AvgIpc) is 2.54. The molecule has 1 aromatic carbocycles. The number of rotatable bonds is 4. The van der Waals surface area contributed by atoms with Gasteiger partial charge in [-0.25, -0.2) is 0 Å². The summed E-state index contributed by atoms with van der Waals surface area (Å²) in [6.45, 7) is 6.03. The Balaban J connectivity index is 1.77. The topological polar surface area (TPSA) is 51.4 Å². The number of ether oxygens (including phenoxy) is 1. The van der Waals surface area contributed by atoms with Crippen LogP contribution >= 0.6 is 0 Å². The molecule has 112 valence electrons. The lowest BCUT2D eigenvalue weighted by atomic mass is 9.99. The van der Waals surface area contributed by atoms with E-state index in [1.807, 2.05) is 18.3 Å². The maximum Gasteiger partial charge on any atom is 0.0894 e. The van der Waals surface area contributed by atoms with Crippen LogP contribution in [-0.4, -0.2) is 42.2 Å². The Morgan fingerprint density at radius 2 is 2.33 bits per heavy atom. The molecular weight excluding hydrogens is 262 g/mol. The van der Waals surface area contributed by atoms with Gasteiger partial charge in [-0.15, -0.1) is 0 Å². The van der Waals surface area contributed by atoms with Crippen molar-refractivity contribution in [3.05, 3.63) is 42.1 Å². The first-order valence-corrected chi connectivity index (χ1v) is 7.72. The monoisotopic (exact) mass is 285 g/mol. The van der Waals surface area contributed by atoms with E-state index in [-0.39, 0.29) is 12.1 Å². The fraction of sp³-hybridized carbons (Fsp3) is 0.471. The lowest BCUT2D eigenvalue weighted by Crippen LogP contribution is -2.47. The van der Waals surface area contributed by atoms with Gasteiger partial charge in [-0.1, -0.05) is 19.1 Å². The highest BCUT2D eigenvalue weighted by atomic mass is 16.5. The summed E-state index contributed by atoms with van der Waals surface area (Å²) in [6.07, 6.45) is 3.05. The van der Waals surface area contributed by atoms with Crippen molar-refractivity contribution in [3.63, 3.8) is 0 Å². The van der Waals surface area contributed by atoms with Gasteiger partial charge in [0.25, 0.3) is 0 Å². The average molecular weight is 285 g/mol. The van der Waals surface area contributed by atoms with Gasteiger partial charge in [-0.05, 0) is 36.7 Å². The second-order valence-corrected chi connectivity index (χ2v) is 5.69. The first kappa shape index (κ1) is 14.4. The third-order valence-electron chi connectivity index (χ3n) is 4.13. The minimum Gasteiger partial charge on any atom is -0.374 e. The van der Waals surface area contributed by atoms with Gasteiger partial charge in [-0.3, -0.25) is 9.88 Å². The van der Waals surface area contributed by atoms with Gasteiger partial charge in [-0.2, -0.15) is 0 Å². The molecule has 4 heteroatoms. The molecule has 1 aromatic heterocycles. The van der Waals surface area contributed by atoms with Crippen molar-refractivity contribution in [2.45, 2.75) is 25.5 Å². The molecule has 1 fully saturated rings. The third-order valence-corrected chi connectivity index (χ3v) is 4.13. The normalized spacial score (nSPS) is 21.5. The Bertz CT molecular complexity index is 599. The van der Waals surface area contributed by atoms with E-state index in [0.29, 0.717) is 0 Å². The molecule has 0 saturated carbocycles. The Labute approximate surface area is 125 Å². The third kappa shape index (κ3) is 3.23. The quantitative estimate of drug-likeness (QED) is 0.937. The number of morpholine rings is 1. The highest BCUT2D eigenvalue weighted by molar-refractivity contribution is 5.79. The number of fused-ring (bicyclic) bond motifs is 1. The second-order valence-electron chi connectivity index (χ2n) is 5.69. The summed E-state index contributed by atoms with van der Waals surface area (Å²) in [7, 11) is 0. The minimum atomic E-state index is -0.0886. The van der Waals surface area contributed by atoms with Crippen LogP contribution in [0.5, 0.6) is 0 Å². The molecule has 0 spiro atoms. The molecule has 1 aliphatic rings. The minimum absolute atomic E-state index is 0.0689. The molecule has 4 nitrogen and oxygen atoms in total. The number of pyridine rings is 1. The zero-order valence-corrected chi connectivity index (χ0v) is 12.5. The van der Waals surface area contributed by atoms with E-state index in [4.69, 9.17) is 10.5 Å². The van der Waals surface area contributed by atoms with Gasteiger partial charge < -0.3 is 10.5 Å². The number of hydrogen-bond acceptors (Lipinski definition) is 4. The maximum atomic E-state index is 6.45. The van der Waals surface area contributed by atoms with Crippen LogP contribution in [0.2, 0.25) is 0 Å². The van der Waals surface area contributed by atoms with Crippen LogP contribution in [-0.2, 0) is 4.74 Å². The lowest BCUT2D eigenvalue weighted by Gasteiger charge is -2.35. The Morgan fingerprint density at radius 1 is 1.43 bits per heavy atom. The van der Waals surface area contributed by atoms with Crippen molar-refractivity contribution in [2.75, 3.05) is 26.2 Å². The standard InChI is InChI=1S/C17H23N3O/c1-2-8-20-9-10-21-16(12-20)17(18)14-5-6-15-13(11-14)4-3-7-19-15/h3-7,11,16-17H,2,8-10,12,18H2,1H3. The highest BCUT2D eigenvalue weighted by Gasteiger charge is 2.26. The molecule has 2 heterocycles. The van der Waals surface area contributed by atoms with Crippen molar-refractivity contribution in [3.8, 4) is 0 Å². The largest absolute Gasteiger partial charge is 0.374 e. The number of nitrogens with zero attached hydrogens (tertiary/aromatic N) is 2. The molecule has 1 aliphatic heterocycles. The van der Waals surface area contributed by atoms with Crippen LogP contribution in [0.3, 0.4) is 0 Å². The zero-order chi connectivity index (χ0) is 14.7. The van der Waals surface area contributed by atoms with Crippen molar-refractivity contribution in [1.29, 1.82) is 0 Å². The molecule has 21 heavy (non-hydrogen) atoms.